The Bertz CT molecular complexity index is 695. The quantitative estimate of drug-likeness (QED) is 0.679. The van der Waals surface area contributed by atoms with Gasteiger partial charge in [0.05, 0.1) is 19.0 Å². The molecular formula is C22H34N4O3. The third kappa shape index (κ3) is 5.92. The number of carbonyl (C=O) groups excluding carboxylic acids is 2. The van der Waals surface area contributed by atoms with Gasteiger partial charge in [-0.05, 0) is 38.2 Å². The van der Waals surface area contributed by atoms with Crippen LogP contribution < -0.4 is 15.5 Å². The third-order valence-corrected chi connectivity index (χ3v) is 5.90. The van der Waals surface area contributed by atoms with Crippen LogP contribution >= 0.6 is 0 Å². The number of nitrogens with one attached hydrogen (secondary N) is 2. The van der Waals surface area contributed by atoms with Crippen LogP contribution in [0.2, 0.25) is 0 Å². The van der Waals surface area contributed by atoms with Gasteiger partial charge in [0.15, 0.2) is 0 Å². The smallest absolute Gasteiger partial charge is 0.341 e. The number of hydrogen-bond acceptors (Lipinski definition) is 6. The van der Waals surface area contributed by atoms with Crippen molar-refractivity contribution in [3.63, 3.8) is 0 Å². The predicted molar refractivity (Wildman–Crippen MR) is 114 cm³/mol. The van der Waals surface area contributed by atoms with Crippen molar-refractivity contribution < 1.29 is 14.3 Å². The van der Waals surface area contributed by atoms with Crippen molar-refractivity contribution in [2.45, 2.75) is 76.8 Å². The van der Waals surface area contributed by atoms with Crippen LogP contribution in [0.1, 0.15) is 75.1 Å². The van der Waals surface area contributed by atoms with Gasteiger partial charge >= 0.3 is 5.97 Å². The Labute approximate surface area is 173 Å². The van der Waals surface area contributed by atoms with Gasteiger partial charge in [-0.1, -0.05) is 26.2 Å². The highest BCUT2D eigenvalue weighted by molar-refractivity contribution is 5.97. The summed E-state index contributed by atoms with van der Waals surface area (Å²) < 4.78 is 4.97. The van der Waals surface area contributed by atoms with E-state index >= 15 is 0 Å². The van der Waals surface area contributed by atoms with Crippen LogP contribution in [-0.2, 0) is 9.53 Å². The standard InChI is InChI=1S/C22H34N4O3/c1-3-7-20(27)25-18-14-19(22(28)29-2)21(23-15-18)26-12-10-17(11-13-26)24-16-8-5-4-6-9-16/h14-17,24H,3-13H2,1-2H3,(H,25,27). The molecule has 2 heterocycles. The van der Waals surface area contributed by atoms with Crippen molar-refractivity contribution in [3.05, 3.63) is 17.8 Å². The molecule has 0 aromatic carbocycles. The number of aromatic nitrogens is 1. The second-order valence-electron chi connectivity index (χ2n) is 8.15. The summed E-state index contributed by atoms with van der Waals surface area (Å²) in [5.41, 5.74) is 0.932. The normalized spacial score (nSPS) is 18.5. The number of methoxy groups -OCH3 is 1. The van der Waals surface area contributed by atoms with Gasteiger partial charge in [0.25, 0.3) is 0 Å². The van der Waals surface area contributed by atoms with Crippen LogP contribution in [0.4, 0.5) is 11.5 Å². The molecule has 0 unspecified atom stereocenters. The van der Waals surface area contributed by atoms with E-state index < -0.39 is 5.97 Å². The molecule has 1 aromatic rings. The molecule has 0 spiro atoms. The monoisotopic (exact) mass is 402 g/mol. The van der Waals surface area contributed by atoms with E-state index in [1.807, 2.05) is 6.92 Å². The highest BCUT2D eigenvalue weighted by Crippen LogP contribution is 2.26. The molecule has 1 aliphatic carbocycles. The molecular weight excluding hydrogens is 368 g/mol. The first kappa shape index (κ1) is 21.6. The maximum Gasteiger partial charge on any atom is 0.341 e. The Morgan fingerprint density at radius 1 is 1.14 bits per heavy atom. The first-order valence-electron chi connectivity index (χ1n) is 11.0. The maximum atomic E-state index is 12.4. The molecule has 0 bridgehead atoms. The molecule has 29 heavy (non-hydrogen) atoms. The summed E-state index contributed by atoms with van der Waals surface area (Å²) in [5, 5.41) is 6.64. The van der Waals surface area contributed by atoms with Crippen LogP contribution in [-0.4, -0.2) is 49.1 Å². The number of rotatable bonds is 7. The molecule has 160 valence electrons. The Morgan fingerprint density at radius 2 is 1.83 bits per heavy atom. The zero-order chi connectivity index (χ0) is 20.6. The van der Waals surface area contributed by atoms with Crippen LogP contribution in [0.5, 0.6) is 0 Å². The topological polar surface area (TPSA) is 83.6 Å². The van der Waals surface area contributed by atoms with Crippen molar-refractivity contribution in [2.24, 2.45) is 0 Å². The average Bonchev–Trinajstić information content (AvgIpc) is 2.75. The molecule has 0 radical (unpaired) electrons. The highest BCUT2D eigenvalue weighted by atomic mass is 16.5. The van der Waals surface area contributed by atoms with Gasteiger partial charge in [0.2, 0.25) is 5.91 Å². The van der Waals surface area contributed by atoms with Gasteiger partial charge in [0, 0.05) is 31.6 Å². The minimum atomic E-state index is -0.429. The fourth-order valence-corrected chi connectivity index (χ4v) is 4.35. The molecule has 3 rings (SSSR count). The molecule has 7 heteroatoms. The lowest BCUT2D eigenvalue weighted by Crippen LogP contribution is -2.47. The first-order valence-corrected chi connectivity index (χ1v) is 11.0. The van der Waals surface area contributed by atoms with Crippen molar-refractivity contribution in [1.82, 2.24) is 10.3 Å². The fourth-order valence-electron chi connectivity index (χ4n) is 4.35. The van der Waals surface area contributed by atoms with Crippen molar-refractivity contribution >= 4 is 23.4 Å². The van der Waals surface area contributed by atoms with Gasteiger partial charge < -0.3 is 20.3 Å². The van der Waals surface area contributed by atoms with Crippen molar-refractivity contribution in [1.29, 1.82) is 0 Å². The van der Waals surface area contributed by atoms with E-state index in [-0.39, 0.29) is 5.91 Å². The number of esters is 1. The van der Waals surface area contributed by atoms with E-state index in [0.717, 1.165) is 32.4 Å². The molecule has 2 aliphatic rings. The lowest BCUT2D eigenvalue weighted by molar-refractivity contribution is -0.116. The SMILES string of the molecule is CCCC(=O)Nc1cnc(N2CCC(NC3CCCCC3)CC2)c(C(=O)OC)c1. The molecule has 1 aliphatic heterocycles. The fraction of sp³-hybridized carbons (Fsp3) is 0.682. The van der Waals surface area contributed by atoms with E-state index in [1.54, 1.807) is 12.3 Å². The van der Waals surface area contributed by atoms with Crippen LogP contribution in [0, 0.1) is 0 Å². The average molecular weight is 403 g/mol. The van der Waals surface area contributed by atoms with Gasteiger partial charge in [-0.25, -0.2) is 9.78 Å². The minimum absolute atomic E-state index is 0.0764. The molecule has 2 N–H and O–H groups in total. The van der Waals surface area contributed by atoms with Crippen LogP contribution in [0.25, 0.3) is 0 Å². The number of amides is 1. The Kier molecular flexibility index (Phi) is 7.86. The highest BCUT2D eigenvalue weighted by Gasteiger charge is 2.26. The first-order chi connectivity index (χ1) is 14.1. The second kappa shape index (κ2) is 10.6. The van der Waals surface area contributed by atoms with Gasteiger partial charge in [-0.3, -0.25) is 4.79 Å². The summed E-state index contributed by atoms with van der Waals surface area (Å²) in [6, 6.07) is 2.87. The van der Waals surface area contributed by atoms with E-state index in [9.17, 15) is 9.59 Å². The molecule has 1 aromatic heterocycles. The van der Waals surface area contributed by atoms with E-state index in [2.05, 4.69) is 20.5 Å². The summed E-state index contributed by atoms with van der Waals surface area (Å²) in [6.07, 6.45) is 11.5. The largest absolute Gasteiger partial charge is 0.465 e. The number of pyridine rings is 1. The number of nitrogens with zero attached hydrogens (tertiary/aromatic N) is 2. The molecule has 2 fully saturated rings. The van der Waals surface area contributed by atoms with Gasteiger partial charge in [-0.15, -0.1) is 0 Å². The Hall–Kier alpha value is -2.15. The van der Waals surface area contributed by atoms with Crippen molar-refractivity contribution in [2.75, 3.05) is 30.4 Å². The number of hydrogen-bond donors (Lipinski definition) is 2. The summed E-state index contributed by atoms with van der Waals surface area (Å²) in [6.45, 7) is 3.65. The zero-order valence-electron chi connectivity index (χ0n) is 17.7. The predicted octanol–water partition coefficient (Wildman–Crippen LogP) is 3.50. The second-order valence-corrected chi connectivity index (χ2v) is 8.15. The van der Waals surface area contributed by atoms with Crippen LogP contribution in [0.3, 0.4) is 0 Å². The van der Waals surface area contributed by atoms with E-state index in [4.69, 9.17) is 4.74 Å². The Balaban J connectivity index is 1.64. The van der Waals surface area contributed by atoms with Crippen molar-refractivity contribution in [3.8, 4) is 0 Å². The van der Waals surface area contributed by atoms with E-state index in [0.29, 0.717) is 35.6 Å². The zero-order valence-corrected chi connectivity index (χ0v) is 17.7. The maximum absolute atomic E-state index is 12.4. The van der Waals surface area contributed by atoms with Gasteiger partial charge in [-0.2, -0.15) is 0 Å². The van der Waals surface area contributed by atoms with Crippen LogP contribution in [0.15, 0.2) is 12.3 Å². The molecule has 1 amide bonds. The molecule has 1 saturated heterocycles. The molecule has 1 saturated carbocycles. The third-order valence-electron chi connectivity index (χ3n) is 5.90. The number of ether oxygens (including phenoxy) is 1. The minimum Gasteiger partial charge on any atom is -0.465 e. The molecule has 0 atom stereocenters. The summed E-state index contributed by atoms with van der Waals surface area (Å²) in [7, 11) is 1.37. The number of anilines is 2. The van der Waals surface area contributed by atoms with Gasteiger partial charge in [0.1, 0.15) is 11.4 Å². The Morgan fingerprint density at radius 3 is 2.48 bits per heavy atom. The number of piperidine rings is 1. The number of carbonyl (C=O) groups is 2. The summed E-state index contributed by atoms with van der Waals surface area (Å²) in [5.74, 6) is 0.135. The lowest BCUT2D eigenvalue weighted by Gasteiger charge is -2.36. The van der Waals surface area contributed by atoms with E-state index in [1.165, 1.54) is 39.2 Å². The lowest BCUT2D eigenvalue weighted by atomic mass is 9.93. The summed E-state index contributed by atoms with van der Waals surface area (Å²) >= 11 is 0. The molecule has 7 nitrogen and oxygen atoms in total. The summed E-state index contributed by atoms with van der Waals surface area (Å²) in [4.78, 5) is 30.9.